The molecule has 0 fully saturated rings. The molecule has 1 aromatic carbocycles. The molecule has 0 saturated carbocycles. The van der Waals surface area contributed by atoms with Gasteiger partial charge in [0.2, 0.25) is 15.9 Å². The van der Waals surface area contributed by atoms with Gasteiger partial charge in [0.25, 0.3) is 0 Å². The highest BCUT2D eigenvalue weighted by Crippen LogP contribution is 2.22. The van der Waals surface area contributed by atoms with Crippen LogP contribution in [0, 0.1) is 5.41 Å². The van der Waals surface area contributed by atoms with Gasteiger partial charge in [-0.05, 0) is 29.5 Å². The minimum Gasteiger partial charge on any atom is -0.481 e. The lowest BCUT2D eigenvalue weighted by molar-refractivity contribution is -0.137. The molecule has 1 unspecified atom stereocenters. The van der Waals surface area contributed by atoms with Gasteiger partial charge in [-0.3, -0.25) is 9.59 Å². The van der Waals surface area contributed by atoms with Gasteiger partial charge in [-0.25, -0.2) is 13.1 Å². The lowest BCUT2D eigenvalue weighted by Crippen LogP contribution is -2.51. The fraction of sp³-hybridized carbons (Fsp3) is 0.500. The first kappa shape index (κ1) is 20.1. The van der Waals surface area contributed by atoms with Crippen LogP contribution in [0.2, 0.25) is 0 Å². The van der Waals surface area contributed by atoms with Crippen molar-refractivity contribution in [2.24, 2.45) is 5.41 Å². The molecule has 134 valence electrons. The second-order valence-corrected chi connectivity index (χ2v) is 8.55. The number of rotatable bonds is 7. The summed E-state index contributed by atoms with van der Waals surface area (Å²) in [5, 5.41) is 11.4. The van der Waals surface area contributed by atoms with Crippen molar-refractivity contribution in [1.29, 1.82) is 0 Å². The summed E-state index contributed by atoms with van der Waals surface area (Å²) in [4.78, 5) is 23.1. The van der Waals surface area contributed by atoms with Gasteiger partial charge in [-0.1, -0.05) is 32.9 Å². The van der Waals surface area contributed by atoms with E-state index in [1.807, 2.05) is 0 Å². The molecule has 1 amide bonds. The highest BCUT2D eigenvalue weighted by atomic mass is 32.2. The predicted molar refractivity (Wildman–Crippen MR) is 92.3 cm³/mol. The van der Waals surface area contributed by atoms with E-state index in [0.717, 1.165) is 11.8 Å². The fourth-order valence-electron chi connectivity index (χ4n) is 2.11. The first-order valence-electron chi connectivity index (χ1n) is 7.47. The Hall–Kier alpha value is -1.93. The smallest absolute Gasteiger partial charge is 0.303 e. The Morgan fingerprint density at radius 2 is 1.88 bits per heavy atom. The molecule has 0 aliphatic heterocycles. The van der Waals surface area contributed by atoms with E-state index in [9.17, 15) is 18.0 Å². The van der Waals surface area contributed by atoms with Crippen LogP contribution in [0.25, 0.3) is 0 Å². The summed E-state index contributed by atoms with van der Waals surface area (Å²) in [6, 6.07) is 5.90. The third-order valence-corrected chi connectivity index (χ3v) is 3.95. The summed E-state index contributed by atoms with van der Waals surface area (Å²) >= 11 is 0. The van der Waals surface area contributed by atoms with E-state index >= 15 is 0 Å². The molecular formula is C16H24N2O5S. The summed E-state index contributed by atoms with van der Waals surface area (Å²) in [6.45, 7) is 5.29. The number of carboxylic acid groups (broad SMARTS) is 1. The molecule has 24 heavy (non-hydrogen) atoms. The Morgan fingerprint density at radius 1 is 1.25 bits per heavy atom. The Labute approximate surface area is 142 Å². The molecule has 0 aromatic heterocycles. The lowest BCUT2D eigenvalue weighted by Gasteiger charge is -2.29. The quantitative estimate of drug-likeness (QED) is 0.687. The molecule has 0 aliphatic rings. The molecule has 0 heterocycles. The van der Waals surface area contributed by atoms with Crippen LogP contribution >= 0.6 is 0 Å². The number of hydrogen-bond donors (Lipinski definition) is 3. The number of anilines is 1. The van der Waals surface area contributed by atoms with Gasteiger partial charge in [0.15, 0.2) is 0 Å². The molecular weight excluding hydrogens is 332 g/mol. The number of hydrogen-bond acceptors (Lipinski definition) is 4. The third kappa shape index (κ3) is 7.10. The maximum Gasteiger partial charge on any atom is 0.303 e. The van der Waals surface area contributed by atoms with Crippen LogP contribution in [0.15, 0.2) is 24.3 Å². The summed E-state index contributed by atoms with van der Waals surface area (Å²) in [5.74, 6) is -1.36. The number of nitrogens with one attached hydrogen (secondary N) is 2. The Morgan fingerprint density at radius 3 is 2.38 bits per heavy atom. The van der Waals surface area contributed by atoms with E-state index < -0.39 is 33.4 Å². The summed E-state index contributed by atoms with van der Waals surface area (Å²) in [7, 11) is -3.55. The number of carbonyl (C=O) groups excluding carboxylic acids is 1. The number of amides is 1. The Kier molecular flexibility index (Phi) is 6.50. The zero-order chi connectivity index (χ0) is 18.5. The van der Waals surface area contributed by atoms with Crippen molar-refractivity contribution in [1.82, 2.24) is 4.72 Å². The van der Waals surface area contributed by atoms with Crippen LogP contribution in [-0.2, 0) is 26.0 Å². The second kappa shape index (κ2) is 7.76. The highest BCUT2D eigenvalue weighted by Gasteiger charge is 2.33. The average Bonchev–Trinajstić information content (AvgIpc) is 2.41. The number of aliphatic carboxylic acids is 1. The van der Waals surface area contributed by atoms with Crippen LogP contribution in [0.5, 0.6) is 0 Å². The molecule has 1 aromatic rings. The van der Waals surface area contributed by atoms with E-state index in [-0.39, 0.29) is 6.42 Å². The fourth-order valence-corrected chi connectivity index (χ4v) is 3.00. The average molecular weight is 356 g/mol. The maximum atomic E-state index is 12.5. The molecule has 3 N–H and O–H groups in total. The van der Waals surface area contributed by atoms with Crippen LogP contribution in [0.3, 0.4) is 0 Å². The van der Waals surface area contributed by atoms with Crippen molar-refractivity contribution in [3.63, 3.8) is 0 Å². The van der Waals surface area contributed by atoms with Gasteiger partial charge in [0.05, 0.1) is 6.26 Å². The van der Waals surface area contributed by atoms with Gasteiger partial charge in [-0.2, -0.15) is 0 Å². The normalized spacial score (nSPS) is 13.3. The Bertz CT molecular complexity index is 707. The van der Waals surface area contributed by atoms with E-state index in [0.29, 0.717) is 12.1 Å². The largest absolute Gasteiger partial charge is 0.481 e. The molecule has 0 aliphatic carbocycles. The van der Waals surface area contributed by atoms with Crippen molar-refractivity contribution in [2.75, 3.05) is 11.6 Å². The lowest BCUT2D eigenvalue weighted by atomic mass is 9.87. The highest BCUT2D eigenvalue weighted by molar-refractivity contribution is 7.88. The molecule has 7 nitrogen and oxygen atoms in total. The van der Waals surface area contributed by atoms with Crippen molar-refractivity contribution in [3.05, 3.63) is 29.8 Å². The summed E-state index contributed by atoms with van der Waals surface area (Å²) < 4.78 is 25.4. The monoisotopic (exact) mass is 356 g/mol. The van der Waals surface area contributed by atoms with Crippen LogP contribution in [-0.4, -0.2) is 37.7 Å². The first-order valence-corrected chi connectivity index (χ1v) is 9.36. The van der Waals surface area contributed by atoms with Crippen molar-refractivity contribution in [3.8, 4) is 0 Å². The van der Waals surface area contributed by atoms with E-state index in [2.05, 4.69) is 10.0 Å². The summed E-state index contributed by atoms with van der Waals surface area (Å²) in [6.07, 6.45) is 1.35. The minimum absolute atomic E-state index is 0.00233. The SMILES string of the molecule is CC(C)(C)C(NS(C)(=O)=O)C(=O)Nc1cccc(CCC(=O)O)c1. The van der Waals surface area contributed by atoms with E-state index in [1.54, 1.807) is 45.0 Å². The molecule has 1 rings (SSSR count). The first-order chi connectivity index (χ1) is 10.9. The molecule has 0 bridgehead atoms. The standard InChI is InChI=1S/C16H24N2O5S/c1-16(2,3)14(18-24(4,22)23)15(21)17-12-7-5-6-11(10-12)8-9-13(19)20/h5-7,10,14,18H,8-9H2,1-4H3,(H,17,21)(H,19,20). The van der Waals surface area contributed by atoms with Crippen LogP contribution < -0.4 is 10.0 Å². The zero-order valence-corrected chi connectivity index (χ0v) is 15.1. The van der Waals surface area contributed by atoms with Crippen molar-refractivity contribution in [2.45, 2.75) is 39.7 Å². The van der Waals surface area contributed by atoms with Gasteiger partial charge < -0.3 is 10.4 Å². The molecule has 1 atom stereocenters. The van der Waals surface area contributed by atoms with Gasteiger partial charge in [0.1, 0.15) is 6.04 Å². The van der Waals surface area contributed by atoms with Gasteiger partial charge in [-0.15, -0.1) is 0 Å². The zero-order valence-electron chi connectivity index (χ0n) is 14.3. The number of sulfonamides is 1. The molecule has 0 saturated heterocycles. The number of carboxylic acids is 1. The Balaban J connectivity index is 2.91. The number of aryl methyl sites for hydroxylation is 1. The maximum absolute atomic E-state index is 12.5. The molecule has 8 heteroatoms. The van der Waals surface area contributed by atoms with Crippen molar-refractivity contribution >= 4 is 27.6 Å². The second-order valence-electron chi connectivity index (χ2n) is 6.77. The number of carbonyl (C=O) groups is 2. The van der Waals surface area contributed by atoms with Gasteiger partial charge >= 0.3 is 5.97 Å². The predicted octanol–water partition coefficient (Wildman–Crippen LogP) is 1.61. The van der Waals surface area contributed by atoms with E-state index in [4.69, 9.17) is 5.11 Å². The minimum atomic E-state index is -3.55. The molecule has 0 spiro atoms. The van der Waals surface area contributed by atoms with Crippen LogP contribution in [0.4, 0.5) is 5.69 Å². The topological polar surface area (TPSA) is 113 Å². The number of benzene rings is 1. The third-order valence-electron chi connectivity index (χ3n) is 3.28. The van der Waals surface area contributed by atoms with E-state index in [1.165, 1.54) is 0 Å². The van der Waals surface area contributed by atoms with Crippen molar-refractivity contribution < 1.29 is 23.1 Å². The molecule has 0 radical (unpaired) electrons. The van der Waals surface area contributed by atoms with Crippen LogP contribution in [0.1, 0.15) is 32.8 Å². The van der Waals surface area contributed by atoms with Gasteiger partial charge in [0, 0.05) is 12.1 Å². The summed E-state index contributed by atoms with van der Waals surface area (Å²) in [5.41, 5.74) is 0.652.